The van der Waals surface area contributed by atoms with E-state index in [9.17, 15) is 14.4 Å². The minimum atomic E-state index is -1.08. The first-order valence-corrected chi connectivity index (χ1v) is 5.97. The maximum atomic E-state index is 12.0. The van der Waals surface area contributed by atoms with Crippen LogP contribution in [0.1, 0.15) is 33.6 Å². The molecule has 6 nitrogen and oxygen atoms in total. The SMILES string of the molecule is CC(C)(C)OC(=O)N1[C@@H]2CC(=O)[C@@H]2C[C@H]1C(=O)O. The zero-order valence-corrected chi connectivity index (χ0v) is 10.7. The number of rotatable bonds is 1. The third-order valence-corrected chi connectivity index (χ3v) is 3.35. The van der Waals surface area contributed by atoms with Gasteiger partial charge in [0.05, 0.1) is 6.04 Å². The minimum absolute atomic E-state index is 0.0392. The average molecular weight is 255 g/mol. The van der Waals surface area contributed by atoms with Crippen LogP contribution in [0.5, 0.6) is 0 Å². The highest BCUT2D eigenvalue weighted by atomic mass is 16.6. The van der Waals surface area contributed by atoms with Crippen LogP contribution in [0.15, 0.2) is 0 Å². The summed E-state index contributed by atoms with van der Waals surface area (Å²) in [7, 11) is 0. The number of ether oxygens (including phenoxy) is 1. The van der Waals surface area contributed by atoms with Crippen LogP contribution in [-0.2, 0) is 14.3 Å². The van der Waals surface area contributed by atoms with Gasteiger partial charge < -0.3 is 9.84 Å². The Bertz CT molecular complexity index is 411. The number of aliphatic carboxylic acids is 1. The highest BCUT2D eigenvalue weighted by Gasteiger charge is 2.56. The van der Waals surface area contributed by atoms with Crippen LogP contribution in [0.2, 0.25) is 0 Å². The molecule has 0 bridgehead atoms. The van der Waals surface area contributed by atoms with Crippen molar-refractivity contribution >= 4 is 17.8 Å². The predicted molar refractivity (Wildman–Crippen MR) is 61.0 cm³/mol. The molecule has 0 spiro atoms. The first-order chi connectivity index (χ1) is 8.20. The Kier molecular flexibility index (Phi) is 2.83. The fraction of sp³-hybridized carbons (Fsp3) is 0.750. The molecule has 1 aliphatic carbocycles. The summed E-state index contributed by atoms with van der Waals surface area (Å²) in [5.74, 6) is -1.36. The number of hydrogen-bond donors (Lipinski definition) is 1. The second-order valence-electron chi connectivity index (χ2n) is 5.82. The number of Topliss-reactive ketones (excluding diaryl/α,β-unsaturated/α-hetero) is 1. The van der Waals surface area contributed by atoms with Crippen LogP contribution in [0.25, 0.3) is 0 Å². The van der Waals surface area contributed by atoms with Crippen molar-refractivity contribution in [1.82, 2.24) is 4.90 Å². The summed E-state index contributed by atoms with van der Waals surface area (Å²) in [6, 6.07) is -1.24. The predicted octanol–water partition coefficient (Wildman–Crippen LogP) is 1.04. The van der Waals surface area contributed by atoms with Crippen molar-refractivity contribution in [3.05, 3.63) is 0 Å². The largest absolute Gasteiger partial charge is 0.480 e. The van der Waals surface area contributed by atoms with Gasteiger partial charge in [0.1, 0.15) is 17.4 Å². The van der Waals surface area contributed by atoms with E-state index in [1.54, 1.807) is 20.8 Å². The molecule has 0 aromatic carbocycles. The highest BCUT2D eigenvalue weighted by molar-refractivity contribution is 5.93. The molecule has 2 aliphatic rings. The molecule has 1 saturated carbocycles. The van der Waals surface area contributed by atoms with E-state index in [4.69, 9.17) is 9.84 Å². The van der Waals surface area contributed by atoms with E-state index in [0.717, 1.165) is 0 Å². The molecule has 1 aliphatic heterocycles. The summed E-state index contributed by atoms with van der Waals surface area (Å²) in [6.45, 7) is 5.17. The topological polar surface area (TPSA) is 83.9 Å². The Labute approximate surface area is 105 Å². The third-order valence-electron chi connectivity index (χ3n) is 3.35. The Morgan fingerprint density at radius 1 is 1.39 bits per heavy atom. The molecule has 18 heavy (non-hydrogen) atoms. The molecule has 2 fully saturated rings. The molecule has 3 atom stereocenters. The Hall–Kier alpha value is -1.59. The fourth-order valence-corrected chi connectivity index (χ4v) is 2.52. The molecule has 2 rings (SSSR count). The number of likely N-dealkylation sites (tertiary alicyclic amines) is 1. The number of carboxylic acid groups (broad SMARTS) is 1. The van der Waals surface area contributed by atoms with Crippen molar-refractivity contribution in [3.8, 4) is 0 Å². The summed E-state index contributed by atoms with van der Waals surface area (Å²) in [5.41, 5.74) is -0.675. The van der Waals surface area contributed by atoms with Crippen LogP contribution in [0, 0.1) is 5.92 Å². The molecule has 0 aromatic heterocycles. The van der Waals surface area contributed by atoms with Gasteiger partial charge in [0.25, 0.3) is 0 Å². The van der Waals surface area contributed by atoms with Crippen molar-refractivity contribution in [2.24, 2.45) is 5.92 Å². The maximum Gasteiger partial charge on any atom is 0.411 e. The standard InChI is InChI=1S/C12H17NO5/c1-12(2,3)18-11(17)13-7-5-9(14)6(7)4-8(13)10(15)16/h6-8H,4-5H2,1-3H3,(H,15,16)/t6-,7-,8+/m1/s1. The van der Waals surface area contributed by atoms with E-state index in [2.05, 4.69) is 0 Å². The molecular formula is C12H17NO5. The number of ketones is 1. The van der Waals surface area contributed by atoms with E-state index >= 15 is 0 Å². The number of fused-ring (bicyclic) bond motifs is 1. The normalized spacial score (nSPS) is 30.7. The van der Waals surface area contributed by atoms with Crippen LogP contribution in [0.3, 0.4) is 0 Å². The lowest BCUT2D eigenvalue weighted by Crippen LogP contribution is -2.52. The van der Waals surface area contributed by atoms with Crippen molar-refractivity contribution in [3.63, 3.8) is 0 Å². The first-order valence-electron chi connectivity index (χ1n) is 5.97. The number of nitrogens with zero attached hydrogens (tertiary/aromatic N) is 1. The van der Waals surface area contributed by atoms with E-state index in [1.165, 1.54) is 4.90 Å². The van der Waals surface area contributed by atoms with Crippen molar-refractivity contribution in [1.29, 1.82) is 0 Å². The highest BCUT2D eigenvalue weighted by Crippen LogP contribution is 2.41. The van der Waals surface area contributed by atoms with Gasteiger partial charge in [-0.1, -0.05) is 0 Å². The number of carbonyl (C=O) groups is 3. The second-order valence-corrected chi connectivity index (χ2v) is 5.82. The van der Waals surface area contributed by atoms with Crippen molar-refractivity contribution in [2.45, 2.75) is 51.3 Å². The average Bonchev–Trinajstić information content (AvgIpc) is 2.48. The van der Waals surface area contributed by atoms with Gasteiger partial charge >= 0.3 is 12.1 Å². The summed E-state index contributed by atoms with van der Waals surface area (Å²) >= 11 is 0. The summed E-state index contributed by atoms with van der Waals surface area (Å²) in [6.07, 6.45) is -0.193. The van der Waals surface area contributed by atoms with Crippen molar-refractivity contribution < 1.29 is 24.2 Å². The van der Waals surface area contributed by atoms with Crippen LogP contribution in [0.4, 0.5) is 4.79 Å². The molecule has 6 heteroatoms. The van der Waals surface area contributed by atoms with E-state index in [-0.39, 0.29) is 30.6 Å². The Morgan fingerprint density at radius 3 is 2.44 bits per heavy atom. The van der Waals surface area contributed by atoms with Crippen molar-refractivity contribution in [2.75, 3.05) is 0 Å². The van der Waals surface area contributed by atoms with Crippen LogP contribution < -0.4 is 0 Å². The molecular weight excluding hydrogens is 238 g/mol. The lowest BCUT2D eigenvalue weighted by molar-refractivity contribution is -0.143. The monoisotopic (exact) mass is 255 g/mol. The third kappa shape index (κ3) is 2.07. The fourth-order valence-electron chi connectivity index (χ4n) is 2.52. The van der Waals surface area contributed by atoms with Gasteiger partial charge in [0.2, 0.25) is 0 Å². The van der Waals surface area contributed by atoms with Gasteiger partial charge in [0, 0.05) is 12.3 Å². The molecule has 1 heterocycles. The van der Waals surface area contributed by atoms with Crippen LogP contribution in [-0.4, -0.2) is 45.5 Å². The molecule has 0 aromatic rings. The molecule has 0 radical (unpaired) electrons. The van der Waals surface area contributed by atoms with Gasteiger partial charge in [-0.2, -0.15) is 0 Å². The molecule has 100 valence electrons. The maximum absolute atomic E-state index is 12.0. The smallest absolute Gasteiger partial charge is 0.411 e. The number of amides is 1. The summed E-state index contributed by atoms with van der Waals surface area (Å²) < 4.78 is 5.20. The first kappa shape index (κ1) is 12.9. The summed E-state index contributed by atoms with van der Waals surface area (Å²) in [4.78, 5) is 35.7. The summed E-state index contributed by atoms with van der Waals surface area (Å²) in [5, 5.41) is 9.12. The lowest BCUT2D eigenvalue weighted by Gasteiger charge is -2.36. The van der Waals surface area contributed by atoms with Gasteiger partial charge in [0.15, 0.2) is 0 Å². The lowest BCUT2D eigenvalue weighted by atomic mass is 9.78. The van der Waals surface area contributed by atoms with Gasteiger partial charge in [-0.3, -0.25) is 9.69 Å². The second kappa shape index (κ2) is 3.96. The minimum Gasteiger partial charge on any atom is -0.480 e. The van der Waals surface area contributed by atoms with E-state index in [0.29, 0.717) is 0 Å². The molecule has 1 saturated heterocycles. The molecule has 0 unspecified atom stereocenters. The zero-order chi connectivity index (χ0) is 13.7. The van der Waals surface area contributed by atoms with Gasteiger partial charge in [-0.05, 0) is 27.2 Å². The van der Waals surface area contributed by atoms with Crippen LogP contribution >= 0.6 is 0 Å². The number of carbonyl (C=O) groups excluding carboxylic acids is 2. The van der Waals surface area contributed by atoms with Gasteiger partial charge in [-0.25, -0.2) is 9.59 Å². The molecule has 1 amide bonds. The Balaban J connectivity index is 2.16. The van der Waals surface area contributed by atoms with E-state index < -0.39 is 23.7 Å². The quantitative estimate of drug-likeness (QED) is 0.756. The zero-order valence-electron chi connectivity index (χ0n) is 10.7. The number of carboxylic acids is 1. The number of hydrogen-bond acceptors (Lipinski definition) is 4. The van der Waals surface area contributed by atoms with E-state index in [1.807, 2.05) is 0 Å². The molecule has 1 N–H and O–H groups in total. The van der Waals surface area contributed by atoms with Gasteiger partial charge in [-0.15, -0.1) is 0 Å². The Morgan fingerprint density at radius 2 is 2.00 bits per heavy atom.